The van der Waals surface area contributed by atoms with Gasteiger partial charge in [0.25, 0.3) is 0 Å². The number of hydrogen-bond acceptors (Lipinski definition) is 2. The number of allylic oxidation sites excluding steroid dienone is 1. The molecule has 0 amide bonds. The highest BCUT2D eigenvalue weighted by Crippen LogP contribution is 2.01. The van der Waals surface area contributed by atoms with Crippen molar-refractivity contribution >= 4 is 16.3 Å². The molecule has 0 unspecified atom stereocenters. The summed E-state index contributed by atoms with van der Waals surface area (Å²) in [6.45, 7) is 6.14. The molecule has 0 heterocycles. The lowest BCUT2D eigenvalue weighted by Gasteiger charge is -1.99. The molecule has 0 fully saturated rings. The van der Waals surface area contributed by atoms with E-state index in [-0.39, 0.29) is 5.78 Å². The SMILES string of the molecule is C=C(C)C(=O)CCCCO[SiH3]. The summed E-state index contributed by atoms with van der Waals surface area (Å²) in [6.07, 6.45) is 2.54. The molecule has 0 spiro atoms. The lowest BCUT2D eigenvalue weighted by molar-refractivity contribution is -0.115. The van der Waals surface area contributed by atoms with E-state index in [1.54, 1.807) is 6.92 Å². The zero-order valence-corrected chi connectivity index (χ0v) is 9.35. The second-order valence-corrected chi connectivity index (χ2v) is 3.23. The van der Waals surface area contributed by atoms with Gasteiger partial charge in [-0.3, -0.25) is 4.79 Å². The maximum absolute atomic E-state index is 11.0. The Kier molecular flexibility index (Phi) is 6.07. The largest absolute Gasteiger partial charge is 0.428 e. The molecule has 0 bridgehead atoms. The highest BCUT2D eigenvalue weighted by molar-refractivity contribution is 5.97. The van der Waals surface area contributed by atoms with Gasteiger partial charge in [0.2, 0.25) is 0 Å². The van der Waals surface area contributed by atoms with E-state index in [0.717, 1.165) is 29.9 Å². The molecule has 0 aliphatic rings. The van der Waals surface area contributed by atoms with Crippen molar-refractivity contribution in [2.75, 3.05) is 6.61 Å². The quantitative estimate of drug-likeness (QED) is 0.333. The maximum Gasteiger partial charge on any atom is 0.157 e. The van der Waals surface area contributed by atoms with E-state index in [2.05, 4.69) is 6.58 Å². The molecule has 2 nitrogen and oxygen atoms in total. The standard InChI is InChI=1S/C8H16O2Si/c1-7(2)8(9)5-3-4-6-10-11/h1,3-6H2,2,11H3. The molecule has 0 atom stereocenters. The Hall–Kier alpha value is -0.413. The third kappa shape index (κ3) is 6.00. The van der Waals surface area contributed by atoms with Gasteiger partial charge in [-0.15, -0.1) is 0 Å². The van der Waals surface area contributed by atoms with Gasteiger partial charge < -0.3 is 4.43 Å². The van der Waals surface area contributed by atoms with Gasteiger partial charge in [0.15, 0.2) is 5.78 Å². The average Bonchev–Trinajstić information content (AvgIpc) is 1.97. The van der Waals surface area contributed by atoms with Crippen molar-refractivity contribution in [2.24, 2.45) is 0 Å². The second kappa shape index (κ2) is 6.31. The third-order valence-electron chi connectivity index (χ3n) is 1.48. The van der Waals surface area contributed by atoms with Crippen LogP contribution in [-0.2, 0) is 9.22 Å². The third-order valence-corrected chi connectivity index (χ3v) is 1.89. The monoisotopic (exact) mass is 172 g/mol. The summed E-state index contributed by atoms with van der Waals surface area (Å²) >= 11 is 0. The minimum atomic E-state index is 0.179. The number of rotatable bonds is 6. The predicted octanol–water partition coefficient (Wildman–Crippen LogP) is 0.599. The smallest absolute Gasteiger partial charge is 0.157 e. The van der Waals surface area contributed by atoms with Gasteiger partial charge in [-0.25, -0.2) is 0 Å². The Bertz CT molecular complexity index is 143. The first-order valence-corrected chi connectivity index (χ1v) is 4.67. The lowest BCUT2D eigenvalue weighted by Crippen LogP contribution is -1.99. The van der Waals surface area contributed by atoms with Gasteiger partial charge in [-0.05, 0) is 25.3 Å². The number of hydrogen-bond donors (Lipinski definition) is 0. The number of unbranched alkanes of at least 4 members (excludes halogenated alkanes) is 1. The minimum absolute atomic E-state index is 0.179. The van der Waals surface area contributed by atoms with Gasteiger partial charge in [0.05, 0.1) is 0 Å². The Morgan fingerprint density at radius 1 is 1.55 bits per heavy atom. The zero-order valence-electron chi connectivity index (χ0n) is 7.35. The summed E-state index contributed by atoms with van der Waals surface area (Å²) in [7, 11) is 0.796. The van der Waals surface area contributed by atoms with Gasteiger partial charge in [0, 0.05) is 13.0 Å². The number of carbonyl (C=O) groups excluding carboxylic acids is 1. The van der Waals surface area contributed by atoms with Crippen molar-refractivity contribution in [2.45, 2.75) is 26.2 Å². The Morgan fingerprint density at radius 3 is 2.64 bits per heavy atom. The molecule has 0 saturated carbocycles. The summed E-state index contributed by atoms with van der Waals surface area (Å²) < 4.78 is 4.99. The predicted molar refractivity (Wildman–Crippen MR) is 49.6 cm³/mol. The highest BCUT2D eigenvalue weighted by atomic mass is 28.2. The number of Topliss-reactive ketones (excluding diaryl/α,β-unsaturated/α-hetero) is 1. The average molecular weight is 172 g/mol. The highest BCUT2D eigenvalue weighted by Gasteiger charge is 2.00. The Morgan fingerprint density at radius 2 is 2.18 bits per heavy atom. The van der Waals surface area contributed by atoms with Crippen molar-refractivity contribution in [3.63, 3.8) is 0 Å². The van der Waals surface area contributed by atoms with Crippen molar-refractivity contribution in [1.29, 1.82) is 0 Å². The fraction of sp³-hybridized carbons (Fsp3) is 0.625. The first-order chi connectivity index (χ1) is 5.18. The Labute approximate surface area is 71.2 Å². The van der Waals surface area contributed by atoms with E-state index in [9.17, 15) is 4.79 Å². The molecule has 11 heavy (non-hydrogen) atoms. The van der Waals surface area contributed by atoms with Crippen LogP contribution in [0.15, 0.2) is 12.2 Å². The summed E-state index contributed by atoms with van der Waals surface area (Å²) in [6, 6.07) is 0. The van der Waals surface area contributed by atoms with Crippen LogP contribution >= 0.6 is 0 Å². The lowest BCUT2D eigenvalue weighted by atomic mass is 10.1. The van der Waals surface area contributed by atoms with Gasteiger partial charge >= 0.3 is 0 Å². The van der Waals surface area contributed by atoms with E-state index in [1.165, 1.54) is 0 Å². The van der Waals surface area contributed by atoms with Crippen LogP contribution in [0.25, 0.3) is 0 Å². The molecule has 0 aliphatic heterocycles. The van der Waals surface area contributed by atoms with Crippen molar-refractivity contribution < 1.29 is 9.22 Å². The van der Waals surface area contributed by atoms with Crippen LogP contribution in [-0.4, -0.2) is 22.9 Å². The molecule has 0 radical (unpaired) electrons. The fourth-order valence-corrected chi connectivity index (χ4v) is 1.03. The summed E-state index contributed by atoms with van der Waals surface area (Å²) in [5.41, 5.74) is 0.664. The van der Waals surface area contributed by atoms with Crippen molar-refractivity contribution in [3.8, 4) is 0 Å². The van der Waals surface area contributed by atoms with Crippen LogP contribution in [0, 0.1) is 0 Å². The summed E-state index contributed by atoms with van der Waals surface area (Å²) in [4.78, 5) is 11.0. The maximum atomic E-state index is 11.0. The molecule has 0 N–H and O–H groups in total. The summed E-state index contributed by atoms with van der Waals surface area (Å²) in [5, 5.41) is 0. The van der Waals surface area contributed by atoms with Crippen LogP contribution in [0.5, 0.6) is 0 Å². The molecule has 0 rings (SSSR count). The van der Waals surface area contributed by atoms with Crippen LogP contribution in [0.3, 0.4) is 0 Å². The van der Waals surface area contributed by atoms with Crippen molar-refractivity contribution in [3.05, 3.63) is 12.2 Å². The van der Waals surface area contributed by atoms with Gasteiger partial charge in [0.1, 0.15) is 10.5 Å². The minimum Gasteiger partial charge on any atom is -0.428 e. The van der Waals surface area contributed by atoms with Crippen LogP contribution < -0.4 is 0 Å². The van der Waals surface area contributed by atoms with Crippen LogP contribution in [0.1, 0.15) is 26.2 Å². The molecule has 0 aromatic heterocycles. The zero-order chi connectivity index (χ0) is 8.69. The van der Waals surface area contributed by atoms with Crippen LogP contribution in [0.2, 0.25) is 0 Å². The van der Waals surface area contributed by atoms with E-state index in [0.29, 0.717) is 12.0 Å². The van der Waals surface area contributed by atoms with E-state index in [4.69, 9.17) is 4.43 Å². The number of carbonyl (C=O) groups is 1. The molecule has 0 aliphatic carbocycles. The molecule has 0 aromatic rings. The van der Waals surface area contributed by atoms with Gasteiger partial charge in [-0.1, -0.05) is 6.58 Å². The van der Waals surface area contributed by atoms with Crippen molar-refractivity contribution in [1.82, 2.24) is 0 Å². The molecule has 64 valence electrons. The second-order valence-electron chi connectivity index (χ2n) is 2.65. The van der Waals surface area contributed by atoms with Crippen LogP contribution in [0.4, 0.5) is 0 Å². The summed E-state index contributed by atoms with van der Waals surface area (Å²) in [5.74, 6) is 0.179. The van der Waals surface area contributed by atoms with E-state index in [1.807, 2.05) is 0 Å². The van der Waals surface area contributed by atoms with E-state index < -0.39 is 0 Å². The Balaban J connectivity index is 3.25. The van der Waals surface area contributed by atoms with Gasteiger partial charge in [-0.2, -0.15) is 0 Å². The number of ketones is 1. The molecule has 0 aromatic carbocycles. The molecular weight excluding hydrogens is 156 g/mol. The first-order valence-electron chi connectivity index (χ1n) is 3.86. The topological polar surface area (TPSA) is 26.3 Å². The van der Waals surface area contributed by atoms with E-state index >= 15 is 0 Å². The molecule has 3 heteroatoms. The molecule has 0 saturated heterocycles. The molecular formula is C8H16O2Si. The fourth-order valence-electron chi connectivity index (χ4n) is 0.745. The normalized spacial score (nSPS) is 9.91. The first kappa shape index (κ1) is 10.6.